The molecule has 7 rings (SSSR count). The number of rotatable bonds is 5. The van der Waals surface area contributed by atoms with Gasteiger partial charge >= 0.3 is 0 Å². The molecule has 5 aliphatic rings. The fourth-order valence-corrected chi connectivity index (χ4v) is 7.33. The Bertz CT molecular complexity index is 956. The number of nitrogens with zero attached hydrogens (tertiary/aromatic N) is 2. The molecule has 1 aliphatic heterocycles. The molecule has 2 aromatic rings. The van der Waals surface area contributed by atoms with Crippen molar-refractivity contribution in [3.8, 4) is 5.75 Å². The van der Waals surface area contributed by atoms with Gasteiger partial charge in [-0.05, 0) is 91.5 Å². The second-order valence-corrected chi connectivity index (χ2v) is 10.5. The van der Waals surface area contributed by atoms with Crippen LogP contribution in [0.15, 0.2) is 47.5 Å². The van der Waals surface area contributed by atoms with Crippen LogP contribution in [-0.2, 0) is 10.2 Å². The van der Waals surface area contributed by atoms with E-state index < -0.39 is 0 Å². The quantitative estimate of drug-likeness (QED) is 0.567. The molecule has 1 saturated heterocycles. The van der Waals surface area contributed by atoms with Gasteiger partial charge in [0.05, 0.1) is 26.0 Å². The van der Waals surface area contributed by atoms with E-state index in [-0.39, 0.29) is 0 Å². The van der Waals surface area contributed by atoms with Crippen LogP contribution in [0.25, 0.3) is 0 Å². The van der Waals surface area contributed by atoms with E-state index in [1.54, 1.807) is 12.7 Å². The van der Waals surface area contributed by atoms with Gasteiger partial charge < -0.3 is 14.4 Å². The lowest BCUT2D eigenvalue weighted by Gasteiger charge is -2.57. The molecule has 0 N–H and O–H groups in total. The van der Waals surface area contributed by atoms with Gasteiger partial charge in [0.1, 0.15) is 5.75 Å². The normalized spacial score (nSPS) is 31.4. The Morgan fingerprint density at radius 2 is 1.59 bits per heavy atom. The highest BCUT2D eigenvalue weighted by molar-refractivity contribution is 5.86. The molecule has 0 spiro atoms. The summed E-state index contributed by atoms with van der Waals surface area (Å²) in [7, 11) is 1.73. The van der Waals surface area contributed by atoms with Gasteiger partial charge in [0, 0.05) is 36.6 Å². The SMILES string of the molecule is COc1cc(N2CCOCC2)ccc1C=Nc1ccc(C23CC4CC(CC(C4)C2)C3)cc1. The van der Waals surface area contributed by atoms with Gasteiger partial charge in [-0.3, -0.25) is 4.99 Å². The van der Waals surface area contributed by atoms with E-state index in [2.05, 4.69) is 47.4 Å². The Kier molecular flexibility index (Phi) is 5.21. The molecule has 0 radical (unpaired) electrons. The first-order chi connectivity index (χ1) is 15.7. The van der Waals surface area contributed by atoms with Crippen LogP contribution in [0.2, 0.25) is 0 Å². The first-order valence-corrected chi connectivity index (χ1v) is 12.4. The maximum Gasteiger partial charge on any atom is 0.129 e. The van der Waals surface area contributed by atoms with E-state index >= 15 is 0 Å². The highest BCUT2D eigenvalue weighted by atomic mass is 16.5. The predicted molar refractivity (Wildman–Crippen MR) is 130 cm³/mol. The van der Waals surface area contributed by atoms with Crippen LogP contribution in [0.5, 0.6) is 5.75 Å². The number of methoxy groups -OCH3 is 1. The summed E-state index contributed by atoms with van der Waals surface area (Å²) in [4.78, 5) is 7.12. The lowest BCUT2D eigenvalue weighted by Crippen LogP contribution is -2.48. The molecule has 4 aliphatic carbocycles. The Hall–Kier alpha value is -2.33. The van der Waals surface area contributed by atoms with Crippen LogP contribution < -0.4 is 9.64 Å². The van der Waals surface area contributed by atoms with Gasteiger partial charge in [-0.1, -0.05) is 12.1 Å². The van der Waals surface area contributed by atoms with Gasteiger partial charge in [0.25, 0.3) is 0 Å². The number of ether oxygens (including phenoxy) is 2. The van der Waals surface area contributed by atoms with Gasteiger partial charge in [-0.15, -0.1) is 0 Å². The maximum atomic E-state index is 5.67. The Morgan fingerprint density at radius 1 is 0.938 bits per heavy atom. The fraction of sp³-hybridized carbons (Fsp3) is 0.536. The molecular weight excluding hydrogens is 396 g/mol. The van der Waals surface area contributed by atoms with E-state index in [0.29, 0.717) is 5.41 Å². The molecule has 4 nitrogen and oxygen atoms in total. The van der Waals surface area contributed by atoms with Crippen molar-refractivity contribution in [3.05, 3.63) is 53.6 Å². The predicted octanol–water partition coefficient (Wildman–Crippen LogP) is 5.75. The van der Waals surface area contributed by atoms with Gasteiger partial charge in [-0.2, -0.15) is 0 Å². The minimum Gasteiger partial charge on any atom is -0.496 e. The third-order valence-electron chi connectivity index (χ3n) is 8.46. The third kappa shape index (κ3) is 3.73. The summed E-state index contributed by atoms with van der Waals surface area (Å²) >= 11 is 0. The largest absolute Gasteiger partial charge is 0.496 e. The van der Waals surface area contributed by atoms with Gasteiger partial charge in [0.15, 0.2) is 0 Å². The van der Waals surface area contributed by atoms with Crippen LogP contribution in [0, 0.1) is 17.8 Å². The Morgan fingerprint density at radius 3 is 2.22 bits per heavy atom. The minimum atomic E-state index is 0.454. The van der Waals surface area contributed by atoms with Crippen molar-refractivity contribution in [3.63, 3.8) is 0 Å². The van der Waals surface area contributed by atoms with Crippen LogP contribution in [0.3, 0.4) is 0 Å². The zero-order chi connectivity index (χ0) is 21.5. The molecule has 0 amide bonds. The van der Waals surface area contributed by atoms with E-state index in [9.17, 15) is 0 Å². The Labute approximate surface area is 191 Å². The minimum absolute atomic E-state index is 0.454. The molecule has 0 aromatic heterocycles. The average molecular weight is 431 g/mol. The van der Waals surface area contributed by atoms with Crippen LogP contribution in [0.4, 0.5) is 11.4 Å². The topological polar surface area (TPSA) is 34.1 Å². The summed E-state index contributed by atoms with van der Waals surface area (Å²) < 4.78 is 11.1. The highest BCUT2D eigenvalue weighted by Crippen LogP contribution is 2.60. The molecule has 168 valence electrons. The molecule has 4 heteroatoms. The molecule has 5 fully saturated rings. The van der Waals surface area contributed by atoms with Crippen molar-refractivity contribution in [1.29, 1.82) is 0 Å². The number of hydrogen-bond donors (Lipinski definition) is 0. The van der Waals surface area contributed by atoms with E-state index in [0.717, 1.165) is 61.1 Å². The van der Waals surface area contributed by atoms with Crippen molar-refractivity contribution >= 4 is 17.6 Å². The van der Waals surface area contributed by atoms with Crippen molar-refractivity contribution < 1.29 is 9.47 Å². The third-order valence-corrected chi connectivity index (χ3v) is 8.46. The van der Waals surface area contributed by atoms with Gasteiger partial charge in [-0.25, -0.2) is 0 Å². The second-order valence-electron chi connectivity index (χ2n) is 10.5. The van der Waals surface area contributed by atoms with Crippen LogP contribution in [-0.4, -0.2) is 39.6 Å². The number of benzene rings is 2. The second kappa shape index (κ2) is 8.22. The molecule has 2 aromatic carbocycles. The standard InChI is InChI=1S/C28H34N2O2/c1-31-27-15-26(30-8-10-32-11-9-30)7-2-23(27)19-29-25-5-3-24(4-6-25)28-16-20-12-21(17-28)14-22(13-20)18-28/h2-7,15,19-22H,8-14,16-18H2,1H3. The summed E-state index contributed by atoms with van der Waals surface area (Å²) in [5, 5.41) is 0. The molecular formula is C28H34N2O2. The first-order valence-electron chi connectivity index (χ1n) is 12.4. The average Bonchev–Trinajstić information content (AvgIpc) is 2.83. The number of aliphatic imine (C=N–C) groups is 1. The van der Waals surface area contributed by atoms with Gasteiger partial charge in [0.2, 0.25) is 0 Å². The monoisotopic (exact) mass is 430 g/mol. The van der Waals surface area contributed by atoms with Crippen LogP contribution in [0.1, 0.15) is 49.7 Å². The molecule has 32 heavy (non-hydrogen) atoms. The van der Waals surface area contributed by atoms with Crippen molar-refractivity contribution in [1.82, 2.24) is 0 Å². The zero-order valence-corrected chi connectivity index (χ0v) is 19.1. The zero-order valence-electron chi connectivity index (χ0n) is 19.1. The molecule has 4 saturated carbocycles. The fourth-order valence-electron chi connectivity index (χ4n) is 7.33. The first kappa shape index (κ1) is 20.3. The van der Waals surface area contributed by atoms with Crippen molar-refractivity contribution in [2.24, 2.45) is 22.7 Å². The molecule has 4 bridgehead atoms. The number of anilines is 1. The summed E-state index contributed by atoms with van der Waals surface area (Å²) in [5.41, 5.74) is 5.22. The van der Waals surface area contributed by atoms with E-state index in [4.69, 9.17) is 14.5 Å². The summed E-state index contributed by atoms with van der Waals surface area (Å²) in [6.07, 6.45) is 10.6. The summed E-state index contributed by atoms with van der Waals surface area (Å²) in [6, 6.07) is 15.5. The lowest BCUT2D eigenvalue weighted by atomic mass is 9.48. The number of morpholine rings is 1. The Balaban J connectivity index is 1.19. The highest BCUT2D eigenvalue weighted by Gasteiger charge is 2.51. The van der Waals surface area contributed by atoms with Crippen molar-refractivity contribution in [2.45, 2.75) is 43.9 Å². The molecule has 0 atom stereocenters. The van der Waals surface area contributed by atoms with Crippen molar-refractivity contribution in [2.75, 3.05) is 38.3 Å². The van der Waals surface area contributed by atoms with E-state index in [1.165, 1.54) is 44.2 Å². The maximum absolute atomic E-state index is 5.67. The molecule has 0 unspecified atom stereocenters. The van der Waals surface area contributed by atoms with E-state index in [1.807, 2.05) is 6.21 Å². The summed E-state index contributed by atoms with van der Waals surface area (Å²) in [5.74, 6) is 3.80. The van der Waals surface area contributed by atoms with Crippen LogP contribution >= 0.6 is 0 Å². The summed E-state index contributed by atoms with van der Waals surface area (Å²) in [6.45, 7) is 3.41. The molecule has 1 heterocycles. The number of hydrogen-bond acceptors (Lipinski definition) is 4. The smallest absolute Gasteiger partial charge is 0.129 e. The lowest BCUT2D eigenvalue weighted by molar-refractivity contribution is -0.00518.